The maximum absolute atomic E-state index is 12.2. The van der Waals surface area contributed by atoms with E-state index in [1.54, 1.807) is 0 Å². The van der Waals surface area contributed by atoms with Gasteiger partial charge in [0.25, 0.3) is 0 Å². The predicted octanol–water partition coefficient (Wildman–Crippen LogP) is 1.74. The summed E-state index contributed by atoms with van der Waals surface area (Å²) in [6.07, 6.45) is -0.670. The zero-order chi connectivity index (χ0) is 18.0. The highest BCUT2D eigenvalue weighted by molar-refractivity contribution is 7.13. The average molecular weight is 362 g/mol. The smallest absolute Gasteiger partial charge is 0.321 e. The van der Waals surface area contributed by atoms with Gasteiger partial charge in [-0.05, 0) is 25.0 Å². The van der Waals surface area contributed by atoms with Crippen LogP contribution in [-0.4, -0.2) is 51.6 Å². The van der Waals surface area contributed by atoms with Crippen molar-refractivity contribution in [1.29, 1.82) is 0 Å². The number of nitrogens with zero attached hydrogens (tertiary/aromatic N) is 4. The predicted molar refractivity (Wildman–Crippen MR) is 97.1 cm³/mol. The molecule has 0 aromatic carbocycles. The highest BCUT2D eigenvalue weighted by Gasteiger charge is 2.33. The lowest BCUT2D eigenvalue weighted by atomic mass is 10.2. The molecular formula is C16H22N6O2S. The Balaban J connectivity index is 1.56. The van der Waals surface area contributed by atoms with Gasteiger partial charge in [0.15, 0.2) is 10.9 Å². The quantitative estimate of drug-likeness (QED) is 0.765. The Morgan fingerprint density at radius 3 is 2.80 bits per heavy atom. The van der Waals surface area contributed by atoms with Crippen molar-refractivity contribution in [3.63, 3.8) is 0 Å². The molecule has 2 amide bonds. The summed E-state index contributed by atoms with van der Waals surface area (Å²) < 4.78 is 0. The van der Waals surface area contributed by atoms with Gasteiger partial charge in [-0.25, -0.2) is 9.78 Å². The molecule has 3 heterocycles. The Morgan fingerprint density at radius 1 is 1.36 bits per heavy atom. The van der Waals surface area contributed by atoms with Crippen LogP contribution in [0.5, 0.6) is 0 Å². The summed E-state index contributed by atoms with van der Waals surface area (Å²) in [6.45, 7) is 6.85. The molecule has 0 saturated carbocycles. The van der Waals surface area contributed by atoms with Crippen molar-refractivity contribution in [2.45, 2.75) is 38.8 Å². The van der Waals surface area contributed by atoms with Crippen molar-refractivity contribution in [3.05, 3.63) is 28.9 Å². The Kier molecular flexibility index (Phi) is 5.14. The zero-order valence-corrected chi connectivity index (χ0v) is 15.2. The molecule has 2 atom stereocenters. The third-order valence-electron chi connectivity index (χ3n) is 4.05. The molecule has 0 aliphatic carbocycles. The second-order valence-electron chi connectivity index (χ2n) is 6.44. The van der Waals surface area contributed by atoms with E-state index in [2.05, 4.69) is 39.7 Å². The van der Waals surface area contributed by atoms with E-state index in [1.165, 1.54) is 11.3 Å². The number of urea groups is 1. The first-order valence-electron chi connectivity index (χ1n) is 8.18. The third-order valence-corrected chi connectivity index (χ3v) is 4.82. The Morgan fingerprint density at radius 2 is 2.16 bits per heavy atom. The lowest BCUT2D eigenvalue weighted by Gasteiger charge is -2.17. The van der Waals surface area contributed by atoms with E-state index in [9.17, 15) is 9.90 Å². The molecule has 1 aliphatic rings. The SMILES string of the molecule is Cc1ccc(N2C[C@@H](O)[C@H](NC(=O)Nc3nc(C(C)C)cs3)C2)nn1. The van der Waals surface area contributed by atoms with Crippen LogP contribution in [-0.2, 0) is 0 Å². The molecule has 2 aromatic rings. The van der Waals surface area contributed by atoms with Crippen LogP contribution in [0.2, 0.25) is 0 Å². The van der Waals surface area contributed by atoms with Gasteiger partial charge >= 0.3 is 6.03 Å². The lowest BCUT2D eigenvalue weighted by molar-refractivity contribution is 0.165. The van der Waals surface area contributed by atoms with Crippen molar-refractivity contribution in [2.75, 3.05) is 23.3 Å². The van der Waals surface area contributed by atoms with Crippen LogP contribution in [0.15, 0.2) is 17.5 Å². The molecule has 3 N–H and O–H groups in total. The highest BCUT2D eigenvalue weighted by Crippen LogP contribution is 2.22. The molecule has 0 bridgehead atoms. The first-order chi connectivity index (χ1) is 11.9. The first-order valence-corrected chi connectivity index (χ1v) is 9.06. The van der Waals surface area contributed by atoms with E-state index in [0.717, 1.165) is 11.4 Å². The lowest BCUT2D eigenvalue weighted by Crippen LogP contribution is -2.44. The number of hydrogen-bond acceptors (Lipinski definition) is 7. The number of nitrogens with one attached hydrogen (secondary N) is 2. The van der Waals surface area contributed by atoms with Gasteiger partial charge in [-0.15, -0.1) is 16.4 Å². The fraction of sp³-hybridized carbons (Fsp3) is 0.500. The summed E-state index contributed by atoms with van der Waals surface area (Å²) in [7, 11) is 0. The number of carbonyl (C=O) groups is 1. The summed E-state index contributed by atoms with van der Waals surface area (Å²) in [5.74, 6) is 1.01. The topological polar surface area (TPSA) is 103 Å². The number of thiazole rings is 1. The molecule has 1 saturated heterocycles. The van der Waals surface area contributed by atoms with Crippen LogP contribution < -0.4 is 15.5 Å². The molecule has 0 spiro atoms. The minimum Gasteiger partial charge on any atom is -0.389 e. The summed E-state index contributed by atoms with van der Waals surface area (Å²) in [5.41, 5.74) is 1.78. The summed E-state index contributed by atoms with van der Waals surface area (Å²) >= 11 is 1.39. The van der Waals surface area contributed by atoms with Crippen molar-refractivity contribution >= 4 is 28.3 Å². The van der Waals surface area contributed by atoms with Gasteiger partial charge in [-0.3, -0.25) is 5.32 Å². The number of β-amino-alcohol motifs (C(OH)–C–C–N with tert-alkyl or cyclic N) is 1. The number of aliphatic hydroxyl groups excluding tert-OH is 1. The molecule has 9 heteroatoms. The van der Waals surface area contributed by atoms with Crippen LogP contribution in [0.25, 0.3) is 0 Å². The van der Waals surface area contributed by atoms with Gasteiger partial charge in [-0.2, -0.15) is 5.10 Å². The number of aromatic nitrogens is 3. The van der Waals surface area contributed by atoms with Gasteiger partial charge < -0.3 is 15.3 Å². The van der Waals surface area contributed by atoms with Gasteiger partial charge in [0.1, 0.15) is 0 Å². The van der Waals surface area contributed by atoms with Gasteiger partial charge in [0.2, 0.25) is 0 Å². The van der Waals surface area contributed by atoms with Crippen molar-refractivity contribution in [1.82, 2.24) is 20.5 Å². The largest absolute Gasteiger partial charge is 0.389 e. The second-order valence-corrected chi connectivity index (χ2v) is 7.30. The summed E-state index contributed by atoms with van der Waals surface area (Å²) in [4.78, 5) is 18.4. The maximum atomic E-state index is 12.2. The standard InChI is InChI=1S/C16H22N6O2S/c1-9(2)12-8-25-16(18-12)19-15(24)17-11-6-22(7-13(11)23)14-5-4-10(3)20-21-14/h4-5,8-9,11,13,23H,6-7H2,1-3H3,(H2,17,18,19,24)/t11-,13-/m1/s1. The number of anilines is 2. The molecule has 0 radical (unpaired) electrons. The first kappa shape index (κ1) is 17.6. The van der Waals surface area contributed by atoms with Crippen molar-refractivity contribution in [2.24, 2.45) is 0 Å². The van der Waals surface area contributed by atoms with E-state index < -0.39 is 6.10 Å². The minimum atomic E-state index is -0.670. The third kappa shape index (κ3) is 4.23. The van der Waals surface area contributed by atoms with Crippen molar-refractivity contribution in [3.8, 4) is 0 Å². The number of aryl methyl sites for hydroxylation is 1. The number of hydrogen-bond donors (Lipinski definition) is 3. The minimum absolute atomic E-state index is 0.315. The molecule has 25 heavy (non-hydrogen) atoms. The molecule has 134 valence electrons. The van der Waals surface area contributed by atoms with Crippen LogP contribution >= 0.6 is 11.3 Å². The molecule has 1 fully saturated rings. The Hall–Kier alpha value is -2.26. The fourth-order valence-electron chi connectivity index (χ4n) is 2.59. The normalized spacial score (nSPS) is 20.1. The number of carbonyl (C=O) groups excluding carboxylic acids is 1. The molecule has 2 aromatic heterocycles. The number of aliphatic hydroxyl groups is 1. The average Bonchev–Trinajstić information content (AvgIpc) is 3.16. The van der Waals surface area contributed by atoms with Crippen molar-refractivity contribution < 1.29 is 9.90 Å². The molecular weight excluding hydrogens is 340 g/mol. The van der Waals surface area contributed by atoms with Gasteiger partial charge in [0, 0.05) is 18.5 Å². The van der Waals surface area contributed by atoms with Gasteiger partial charge in [0.05, 0.1) is 23.5 Å². The van der Waals surface area contributed by atoms with E-state index in [-0.39, 0.29) is 12.1 Å². The van der Waals surface area contributed by atoms with Gasteiger partial charge in [-0.1, -0.05) is 13.8 Å². The molecule has 0 unspecified atom stereocenters. The van der Waals surface area contributed by atoms with E-state index in [0.29, 0.717) is 30.0 Å². The maximum Gasteiger partial charge on any atom is 0.321 e. The number of amides is 2. The van der Waals surface area contributed by atoms with E-state index >= 15 is 0 Å². The Bertz CT molecular complexity index is 732. The van der Waals surface area contributed by atoms with E-state index in [4.69, 9.17) is 0 Å². The Labute approximate surface area is 150 Å². The fourth-order valence-corrected chi connectivity index (χ4v) is 3.45. The van der Waals surface area contributed by atoms with E-state index in [1.807, 2.05) is 29.3 Å². The van der Waals surface area contributed by atoms with Crippen LogP contribution in [0.4, 0.5) is 15.7 Å². The molecule has 1 aliphatic heterocycles. The zero-order valence-electron chi connectivity index (χ0n) is 14.4. The summed E-state index contributed by atoms with van der Waals surface area (Å²) in [6, 6.07) is 2.98. The molecule has 8 nitrogen and oxygen atoms in total. The number of rotatable bonds is 4. The van der Waals surface area contributed by atoms with Crippen LogP contribution in [0, 0.1) is 6.92 Å². The second kappa shape index (κ2) is 7.32. The monoisotopic (exact) mass is 362 g/mol. The van der Waals surface area contributed by atoms with Crippen LogP contribution in [0.1, 0.15) is 31.2 Å². The molecule has 3 rings (SSSR count). The highest BCUT2D eigenvalue weighted by atomic mass is 32.1. The van der Waals surface area contributed by atoms with Crippen LogP contribution in [0.3, 0.4) is 0 Å². The summed E-state index contributed by atoms with van der Waals surface area (Å²) in [5, 5.41) is 26.4.